The molecule has 0 aromatic carbocycles. The van der Waals surface area contributed by atoms with E-state index in [1.54, 1.807) is 17.1 Å². The number of carbonyl (C=O) groups excluding carboxylic acids is 1. The Hall–Kier alpha value is -1.69. The van der Waals surface area contributed by atoms with Gasteiger partial charge in [-0.15, -0.1) is 11.3 Å². The van der Waals surface area contributed by atoms with Gasteiger partial charge in [0.05, 0.1) is 11.6 Å². The van der Waals surface area contributed by atoms with Gasteiger partial charge in [0.25, 0.3) is 5.91 Å². The number of thiazole rings is 1. The molecule has 0 saturated carbocycles. The maximum atomic E-state index is 11.7. The lowest BCUT2D eigenvalue weighted by atomic mass is 10.3. The second kappa shape index (κ2) is 4.44. The van der Waals surface area contributed by atoms with Crippen LogP contribution in [-0.4, -0.2) is 20.4 Å². The molecular weight excluding hydrogens is 224 g/mol. The fraction of sp³-hybridized carbons (Fsp3) is 0.300. The third-order valence-electron chi connectivity index (χ3n) is 2.26. The van der Waals surface area contributed by atoms with E-state index in [2.05, 4.69) is 15.3 Å². The summed E-state index contributed by atoms with van der Waals surface area (Å²) in [6.07, 6.45) is 3.56. The molecule has 2 rings (SSSR count). The van der Waals surface area contributed by atoms with Crippen molar-refractivity contribution < 1.29 is 4.79 Å². The molecule has 1 atom stereocenters. The summed E-state index contributed by atoms with van der Waals surface area (Å²) in [5.74, 6) is 0.653. The van der Waals surface area contributed by atoms with Crippen molar-refractivity contribution >= 4 is 17.2 Å². The fourth-order valence-electron chi connectivity index (χ4n) is 1.45. The van der Waals surface area contributed by atoms with E-state index in [0.29, 0.717) is 5.69 Å². The number of hydrogen-bond donors (Lipinski definition) is 1. The minimum absolute atomic E-state index is 0.130. The van der Waals surface area contributed by atoms with Crippen LogP contribution in [0.25, 0.3) is 0 Å². The summed E-state index contributed by atoms with van der Waals surface area (Å²) < 4.78 is 1.88. The Morgan fingerprint density at radius 3 is 2.94 bits per heavy atom. The van der Waals surface area contributed by atoms with Crippen LogP contribution in [0.4, 0.5) is 0 Å². The second-order valence-electron chi connectivity index (χ2n) is 3.47. The van der Waals surface area contributed by atoms with Crippen LogP contribution in [0.1, 0.15) is 29.3 Å². The second-order valence-corrected chi connectivity index (χ2v) is 4.18. The predicted octanol–water partition coefficient (Wildman–Crippen LogP) is 1.37. The van der Waals surface area contributed by atoms with Gasteiger partial charge in [-0.05, 0) is 6.92 Å². The van der Waals surface area contributed by atoms with Crippen LogP contribution in [0.15, 0.2) is 23.3 Å². The molecule has 1 N–H and O–H groups in total. The summed E-state index contributed by atoms with van der Waals surface area (Å²) in [4.78, 5) is 19.9. The number of nitrogens with one attached hydrogen (secondary N) is 1. The molecule has 1 amide bonds. The topological polar surface area (TPSA) is 59.8 Å². The van der Waals surface area contributed by atoms with Crippen molar-refractivity contribution in [3.8, 4) is 0 Å². The van der Waals surface area contributed by atoms with Gasteiger partial charge in [-0.2, -0.15) is 0 Å². The first-order chi connectivity index (χ1) is 7.68. The van der Waals surface area contributed by atoms with Gasteiger partial charge in [-0.3, -0.25) is 4.79 Å². The minimum atomic E-state index is -0.170. The Labute approximate surface area is 97.2 Å². The van der Waals surface area contributed by atoms with Crippen molar-refractivity contribution in [3.63, 3.8) is 0 Å². The van der Waals surface area contributed by atoms with Crippen molar-refractivity contribution in [2.24, 2.45) is 7.05 Å². The zero-order valence-electron chi connectivity index (χ0n) is 9.04. The summed E-state index contributed by atoms with van der Waals surface area (Å²) in [6, 6.07) is -0.130. The highest BCUT2D eigenvalue weighted by atomic mass is 32.1. The number of nitrogens with zero attached hydrogens (tertiary/aromatic N) is 3. The van der Waals surface area contributed by atoms with Gasteiger partial charge in [0.1, 0.15) is 11.5 Å². The normalized spacial score (nSPS) is 12.4. The van der Waals surface area contributed by atoms with Crippen molar-refractivity contribution in [2.75, 3.05) is 0 Å². The molecular formula is C10H12N4OS. The molecule has 0 bridgehead atoms. The number of carbonyl (C=O) groups is 1. The van der Waals surface area contributed by atoms with Gasteiger partial charge < -0.3 is 9.88 Å². The molecule has 0 aliphatic rings. The Morgan fingerprint density at radius 1 is 1.56 bits per heavy atom. The summed E-state index contributed by atoms with van der Waals surface area (Å²) in [5.41, 5.74) is 2.09. The summed E-state index contributed by atoms with van der Waals surface area (Å²) >= 11 is 1.40. The zero-order valence-corrected chi connectivity index (χ0v) is 9.86. The van der Waals surface area contributed by atoms with Gasteiger partial charge in [-0.1, -0.05) is 0 Å². The SMILES string of the molecule is CC(NC(=O)c1cscn1)c1nccn1C. The van der Waals surface area contributed by atoms with Crippen LogP contribution < -0.4 is 5.32 Å². The molecule has 0 aliphatic carbocycles. The molecule has 0 fully saturated rings. The predicted molar refractivity (Wildman–Crippen MR) is 61.2 cm³/mol. The zero-order chi connectivity index (χ0) is 11.5. The van der Waals surface area contributed by atoms with E-state index in [1.165, 1.54) is 11.3 Å². The lowest BCUT2D eigenvalue weighted by Gasteiger charge is -2.12. The average molecular weight is 236 g/mol. The Kier molecular flexibility index (Phi) is 3.00. The molecule has 5 nitrogen and oxygen atoms in total. The van der Waals surface area contributed by atoms with Gasteiger partial charge in [0.15, 0.2) is 0 Å². The largest absolute Gasteiger partial charge is 0.341 e. The number of rotatable bonds is 3. The van der Waals surface area contributed by atoms with Crippen molar-refractivity contribution in [3.05, 3.63) is 34.8 Å². The molecule has 0 saturated heterocycles. The van der Waals surface area contributed by atoms with Gasteiger partial charge in [0.2, 0.25) is 0 Å². The quantitative estimate of drug-likeness (QED) is 0.875. The fourth-order valence-corrected chi connectivity index (χ4v) is 1.99. The van der Waals surface area contributed by atoms with E-state index < -0.39 is 0 Å². The Bertz CT molecular complexity index is 477. The van der Waals surface area contributed by atoms with Gasteiger partial charge >= 0.3 is 0 Å². The van der Waals surface area contributed by atoms with E-state index in [0.717, 1.165) is 5.82 Å². The molecule has 16 heavy (non-hydrogen) atoms. The maximum Gasteiger partial charge on any atom is 0.271 e. The third-order valence-corrected chi connectivity index (χ3v) is 2.84. The Morgan fingerprint density at radius 2 is 2.38 bits per heavy atom. The number of aryl methyl sites for hydroxylation is 1. The van der Waals surface area contributed by atoms with Crippen LogP contribution >= 0.6 is 11.3 Å². The molecule has 84 valence electrons. The van der Waals surface area contributed by atoms with Crippen LogP contribution in [0.5, 0.6) is 0 Å². The van der Waals surface area contributed by atoms with Crippen LogP contribution in [0.2, 0.25) is 0 Å². The smallest absolute Gasteiger partial charge is 0.271 e. The molecule has 6 heteroatoms. The first-order valence-corrected chi connectivity index (χ1v) is 5.79. The first-order valence-electron chi connectivity index (χ1n) is 4.84. The highest BCUT2D eigenvalue weighted by Crippen LogP contribution is 2.10. The van der Waals surface area contributed by atoms with E-state index in [4.69, 9.17) is 0 Å². The minimum Gasteiger partial charge on any atom is -0.341 e. The van der Waals surface area contributed by atoms with E-state index in [-0.39, 0.29) is 11.9 Å². The lowest BCUT2D eigenvalue weighted by Crippen LogP contribution is -2.28. The monoisotopic (exact) mass is 236 g/mol. The third kappa shape index (κ3) is 2.11. The number of amides is 1. The highest BCUT2D eigenvalue weighted by molar-refractivity contribution is 7.07. The molecule has 1 unspecified atom stereocenters. The van der Waals surface area contributed by atoms with Crippen molar-refractivity contribution in [2.45, 2.75) is 13.0 Å². The Balaban J connectivity index is 2.06. The van der Waals surface area contributed by atoms with Crippen LogP contribution in [0, 0.1) is 0 Å². The van der Waals surface area contributed by atoms with Gasteiger partial charge in [-0.25, -0.2) is 9.97 Å². The maximum absolute atomic E-state index is 11.7. The summed E-state index contributed by atoms with van der Waals surface area (Å²) in [7, 11) is 1.90. The summed E-state index contributed by atoms with van der Waals surface area (Å²) in [5, 5.41) is 4.57. The number of imidazole rings is 1. The summed E-state index contributed by atoms with van der Waals surface area (Å²) in [6.45, 7) is 1.90. The van der Waals surface area contributed by atoms with Crippen LogP contribution in [0.3, 0.4) is 0 Å². The standard InChI is InChI=1S/C10H12N4OS/c1-7(9-11-3-4-14(9)2)13-10(15)8-5-16-6-12-8/h3-7H,1-2H3,(H,13,15). The molecule has 2 aromatic rings. The van der Waals surface area contributed by atoms with Crippen LogP contribution in [-0.2, 0) is 7.05 Å². The average Bonchev–Trinajstić information content (AvgIpc) is 2.86. The molecule has 0 spiro atoms. The van der Waals surface area contributed by atoms with Crippen molar-refractivity contribution in [1.82, 2.24) is 19.9 Å². The number of hydrogen-bond acceptors (Lipinski definition) is 4. The number of aromatic nitrogens is 3. The van der Waals surface area contributed by atoms with E-state index >= 15 is 0 Å². The van der Waals surface area contributed by atoms with Crippen molar-refractivity contribution in [1.29, 1.82) is 0 Å². The lowest BCUT2D eigenvalue weighted by molar-refractivity contribution is 0.0933. The highest BCUT2D eigenvalue weighted by Gasteiger charge is 2.15. The molecule has 0 radical (unpaired) electrons. The molecule has 0 aliphatic heterocycles. The molecule has 2 heterocycles. The van der Waals surface area contributed by atoms with E-state index in [9.17, 15) is 4.79 Å². The van der Waals surface area contributed by atoms with E-state index in [1.807, 2.05) is 24.7 Å². The molecule has 2 aromatic heterocycles. The first kappa shape index (κ1) is 10.8. The van der Waals surface area contributed by atoms with Gasteiger partial charge in [0, 0.05) is 24.8 Å².